The van der Waals surface area contributed by atoms with Crippen molar-refractivity contribution in [3.05, 3.63) is 45.7 Å². The summed E-state index contributed by atoms with van der Waals surface area (Å²) in [5, 5.41) is 4.54. The quantitative estimate of drug-likeness (QED) is 0.805. The average Bonchev–Trinajstić information content (AvgIpc) is 2.73. The molecule has 2 rings (SSSR count). The number of carbonyl (C=O) groups is 1. The van der Waals surface area contributed by atoms with Gasteiger partial charge in [0.1, 0.15) is 0 Å². The number of aryl methyl sites for hydroxylation is 1. The van der Waals surface area contributed by atoms with Gasteiger partial charge in [-0.2, -0.15) is 5.10 Å². The van der Waals surface area contributed by atoms with Crippen molar-refractivity contribution < 1.29 is 9.53 Å². The van der Waals surface area contributed by atoms with Crippen LogP contribution >= 0.6 is 15.9 Å². The Hall–Kier alpha value is -1.62. The molecule has 0 saturated carbocycles. The van der Waals surface area contributed by atoms with Crippen molar-refractivity contribution in [3.8, 4) is 5.69 Å². The molecule has 20 heavy (non-hydrogen) atoms. The lowest BCUT2D eigenvalue weighted by atomic mass is 9.99. The van der Waals surface area contributed by atoms with Crippen LogP contribution in [0, 0.1) is 13.8 Å². The largest absolute Gasteiger partial charge is 0.469 e. The summed E-state index contributed by atoms with van der Waals surface area (Å²) in [5.41, 5.74) is 3.71. The van der Waals surface area contributed by atoms with Gasteiger partial charge in [-0.1, -0.05) is 15.9 Å². The predicted molar refractivity (Wildman–Crippen MR) is 81.2 cm³/mol. The van der Waals surface area contributed by atoms with Gasteiger partial charge in [-0.25, -0.2) is 4.68 Å². The van der Waals surface area contributed by atoms with Crippen molar-refractivity contribution >= 4 is 21.9 Å². The number of benzene rings is 1. The molecule has 0 bridgehead atoms. The highest BCUT2D eigenvalue weighted by atomic mass is 79.9. The maximum absolute atomic E-state index is 11.7. The second kappa shape index (κ2) is 5.79. The molecule has 0 spiro atoms. The summed E-state index contributed by atoms with van der Waals surface area (Å²) in [6, 6.07) is 7.90. The summed E-state index contributed by atoms with van der Waals surface area (Å²) in [4.78, 5) is 11.7. The van der Waals surface area contributed by atoms with Gasteiger partial charge in [0.2, 0.25) is 0 Å². The summed E-state index contributed by atoms with van der Waals surface area (Å²) < 4.78 is 7.70. The Bertz CT molecular complexity index is 632. The smallest absolute Gasteiger partial charge is 0.312 e. The van der Waals surface area contributed by atoms with Gasteiger partial charge >= 0.3 is 5.97 Å². The van der Waals surface area contributed by atoms with Gasteiger partial charge < -0.3 is 4.74 Å². The van der Waals surface area contributed by atoms with Crippen LogP contribution in [-0.4, -0.2) is 22.9 Å². The molecule has 2 aromatic rings. The highest BCUT2D eigenvalue weighted by molar-refractivity contribution is 9.10. The van der Waals surface area contributed by atoms with E-state index in [1.807, 2.05) is 49.7 Å². The van der Waals surface area contributed by atoms with E-state index in [2.05, 4.69) is 21.0 Å². The molecule has 0 fully saturated rings. The van der Waals surface area contributed by atoms with E-state index in [0.29, 0.717) is 0 Å². The average molecular weight is 337 g/mol. The Morgan fingerprint density at radius 2 is 1.90 bits per heavy atom. The van der Waals surface area contributed by atoms with Crippen LogP contribution in [0.4, 0.5) is 0 Å². The van der Waals surface area contributed by atoms with E-state index >= 15 is 0 Å². The molecular formula is C15H17BrN2O2. The van der Waals surface area contributed by atoms with Crippen molar-refractivity contribution in [2.24, 2.45) is 0 Å². The molecule has 1 heterocycles. The SMILES string of the molecule is COC(=O)C(C)c1c(C)nn(-c2ccc(Br)cc2)c1C. The minimum absolute atomic E-state index is 0.244. The number of esters is 1. The van der Waals surface area contributed by atoms with Gasteiger partial charge in [0.05, 0.1) is 24.4 Å². The molecule has 0 aliphatic heterocycles. The van der Waals surface area contributed by atoms with Crippen LogP contribution < -0.4 is 0 Å². The van der Waals surface area contributed by atoms with Crippen LogP contribution in [0.5, 0.6) is 0 Å². The number of aromatic nitrogens is 2. The molecule has 0 N–H and O–H groups in total. The molecule has 1 unspecified atom stereocenters. The molecule has 5 heteroatoms. The first-order valence-corrected chi connectivity index (χ1v) is 7.15. The zero-order valence-corrected chi connectivity index (χ0v) is 13.6. The molecule has 0 radical (unpaired) electrons. The zero-order chi connectivity index (χ0) is 14.9. The number of ether oxygens (including phenoxy) is 1. The summed E-state index contributed by atoms with van der Waals surface area (Å²) in [7, 11) is 1.41. The maximum Gasteiger partial charge on any atom is 0.312 e. The summed E-state index contributed by atoms with van der Waals surface area (Å²) in [6.07, 6.45) is 0. The van der Waals surface area contributed by atoms with Gasteiger partial charge in [0.25, 0.3) is 0 Å². The zero-order valence-electron chi connectivity index (χ0n) is 12.0. The lowest BCUT2D eigenvalue weighted by Crippen LogP contribution is -2.12. The number of halogens is 1. The van der Waals surface area contributed by atoms with Gasteiger partial charge in [-0.05, 0) is 45.0 Å². The summed E-state index contributed by atoms with van der Waals surface area (Å²) >= 11 is 3.42. The molecular weight excluding hydrogens is 320 g/mol. The fourth-order valence-electron chi connectivity index (χ4n) is 2.41. The van der Waals surface area contributed by atoms with Crippen molar-refractivity contribution in [2.75, 3.05) is 7.11 Å². The third-order valence-electron chi connectivity index (χ3n) is 3.41. The minimum atomic E-state index is -0.316. The lowest BCUT2D eigenvalue weighted by molar-refractivity contribution is -0.142. The van der Waals surface area contributed by atoms with Crippen molar-refractivity contribution in [1.82, 2.24) is 9.78 Å². The molecule has 106 valence electrons. The van der Waals surface area contributed by atoms with Crippen molar-refractivity contribution in [3.63, 3.8) is 0 Å². The second-order valence-corrected chi connectivity index (χ2v) is 5.63. The van der Waals surface area contributed by atoms with Gasteiger partial charge in [0.15, 0.2) is 0 Å². The van der Waals surface area contributed by atoms with Crippen LogP contribution in [-0.2, 0) is 9.53 Å². The van der Waals surface area contributed by atoms with E-state index in [-0.39, 0.29) is 11.9 Å². The van der Waals surface area contributed by atoms with Crippen LogP contribution in [0.15, 0.2) is 28.7 Å². The number of methoxy groups -OCH3 is 1. The minimum Gasteiger partial charge on any atom is -0.469 e. The van der Waals surface area contributed by atoms with Crippen LogP contribution in [0.25, 0.3) is 5.69 Å². The number of nitrogens with zero attached hydrogens (tertiary/aromatic N) is 2. The van der Waals surface area contributed by atoms with Gasteiger partial charge in [-0.15, -0.1) is 0 Å². The predicted octanol–water partition coefficient (Wildman–Crippen LogP) is 3.53. The third-order valence-corrected chi connectivity index (χ3v) is 3.93. The van der Waals surface area contributed by atoms with Crippen molar-refractivity contribution in [1.29, 1.82) is 0 Å². The third kappa shape index (κ3) is 2.63. The highest BCUT2D eigenvalue weighted by Crippen LogP contribution is 2.26. The Morgan fingerprint density at radius 3 is 2.45 bits per heavy atom. The molecule has 1 atom stereocenters. The van der Waals surface area contributed by atoms with E-state index in [0.717, 1.165) is 27.1 Å². The Labute approximate surface area is 126 Å². The number of rotatable bonds is 3. The van der Waals surface area contributed by atoms with E-state index in [1.54, 1.807) is 0 Å². The summed E-state index contributed by atoms with van der Waals surface area (Å²) in [5.74, 6) is -0.559. The Kier molecular flexibility index (Phi) is 4.28. The normalized spacial score (nSPS) is 12.2. The van der Waals surface area contributed by atoms with E-state index < -0.39 is 0 Å². The number of hydrogen-bond acceptors (Lipinski definition) is 3. The molecule has 4 nitrogen and oxygen atoms in total. The lowest BCUT2D eigenvalue weighted by Gasteiger charge is -2.10. The van der Waals surface area contributed by atoms with Crippen LogP contribution in [0.3, 0.4) is 0 Å². The fourth-order valence-corrected chi connectivity index (χ4v) is 2.67. The highest BCUT2D eigenvalue weighted by Gasteiger charge is 2.24. The number of carbonyl (C=O) groups excluding carboxylic acids is 1. The Balaban J connectivity index is 2.48. The molecule has 0 aliphatic carbocycles. The summed E-state index contributed by atoms with van der Waals surface area (Å²) in [6.45, 7) is 5.72. The van der Waals surface area contributed by atoms with E-state index in [4.69, 9.17) is 4.74 Å². The maximum atomic E-state index is 11.7. The topological polar surface area (TPSA) is 44.1 Å². The van der Waals surface area contributed by atoms with Crippen LogP contribution in [0.2, 0.25) is 0 Å². The molecule has 0 saturated heterocycles. The first-order valence-electron chi connectivity index (χ1n) is 6.35. The molecule has 0 aliphatic rings. The van der Waals surface area contributed by atoms with Gasteiger partial charge in [0, 0.05) is 15.7 Å². The van der Waals surface area contributed by atoms with E-state index in [9.17, 15) is 4.79 Å². The molecule has 1 aromatic carbocycles. The first kappa shape index (κ1) is 14.8. The Morgan fingerprint density at radius 1 is 1.30 bits per heavy atom. The van der Waals surface area contributed by atoms with Crippen molar-refractivity contribution in [2.45, 2.75) is 26.7 Å². The monoisotopic (exact) mass is 336 g/mol. The van der Waals surface area contributed by atoms with Gasteiger partial charge in [-0.3, -0.25) is 4.79 Å². The van der Waals surface area contributed by atoms with Crippen LogP contribution in [0.1, 0.15) is 29.8 Å². The standard InChI is InChI=1S/C15H17BrN2O2/c1-9(15(19)20-4)14-10(2)17-18(11(14)3)13-7-5-12(16)6-8-13/h5-9H,1-4H3. The second-order valence-electron chi connectivity index (χ2n) is 4.72. The fraction of sp³-hybridized carbons (Fsp3) is 0.333. The molecule has 1 aromatic heterocycles. The van der Waals surface area contributed by atoms with E-state index in [1.165, 1.54) is 7.11 Å². The first-order chi connectivity index (χ1) is 9.45. The molecule has 0 amide bonds. The number of hydrogen-bond donors (Lipinski definition) is 0.